The largest absolute Gasteiger partial charge is 0.379 e. The molecule has 1 saturated heterocycles. The summed E-state index contributed by atoms with van der Waals surface area (Å²) in [5, 5.41) is 3.09. The minimum Gasteiger partial charge on any atom is -0.379 e. The van der Waals surface area contributed by atoms with Gasteiger partial charge in [-0.05, 0) is 26.2 Å². The summed E-state index contributed by atoms with van der Waals surface area (Å²) < 4.78 is 5.35. The fourth-order valence-electron chi connectivity index (χ4n) is 2.40. The first-order valence-electron chi connectivity index (χ1n) is 6.61. The number of morpholine rings is 1. The smallest absolute Gasteiger partial charge is 0.223 e. The molecule has 1 N–H and O–H groups in total. The van der Waals surface area contributed by atoms with Crippen LogP contribution in [-0.4, -0.2) is 49.2 Å². The molecule has 1 saturated carbocycles. The van der Waals surface area contributed by atoms with Crippen LogP contribution in [0.3, 0.4) is 0 Å². The van der Waals surface area contributed by atoms with Crippen LogP contribution in [0, 0.1) is 11.8 Å². The van der Waals surface area contributed by atoms with E-state index in [1.54, 1.807) is 0 Å². The number of nitrogens with zero attached hydrogens (tertiary/aromatic N) is 1. The Hall–Kier alpha value is -0.610. The Morgan fingerprint density at radius 2 is 2.00 bits per heavy atom. The first kappa shape index (κ1) is 12.8. The third-order valence-electron chi connectivity index (χ3n) is 4.01. The molecule has 2 rings (SSSR count). The second-order valence-electron chi connectivity index (χ2n) is 5.95. The van der Waals surface area contributed by atoms with Gasteiger partial charge in [-0.1, -0.05) is 6.92 Å². The molecule has 2 aliphatic rings. The standard InChI is InChI=1S/C13H24N2O2/c1-10-8-11(10)12(16)14-9-13(2,3)15-4-6-17-7-5-15/h10-11H,4-9H2,1-3H3,(H,14,16). The Kier molecular flexibility index (Phi) is 3.73. The number of carbonyl (C=O) groups is 1. The summed E-state index contributed by atoms with van der Waals surface area (Å²) in [4.78, 5) is 14.2. The van der Waals surface area contributed by atoms with Crippen LogP contribution in [0.25, 0.3) is 0 Å². The Bertz CT molecular complexity index is 285. The van der Waals surface area contributed by atoms with Gasteiger partial charge in [-0.25, -0.2) is 0 Å². The number of rotatable bonds is 4. The van der Waals surface area contributed by atoms with Crippen molar-refractivity contribution in [1.82, 2.24) is 10.2 Å². The van der Waals surface area contributed by atoms with E-state index in [1.807, 2.05) is 0 Å². The predicted molar refractivity (Wildman–Crippen MR) is 66.8 cm³/mol. The molecule has 2 fully saturated rings. The molecular weight excluding hydrogens is 216 g/mol. The second-order valence-corrected chi connectivity index (χ2v) is 5.95. The lowest BCUT2D eigenvalue weighted by Gasteiger charge is -2.40. The van der Waals surface area contributed by atoms with Crippen LogP contribution >= 0.6 is 0 Å². The molecular formula is C13H24N2O2. The third kappa shape index (κ3) is 3.19. The number of carbonyl (C=O) groups excluding carboxylic acids is 1. The summed E-state index contributed by atoms with van der Waals surface area (Å²) in [6.45, 7) is 10.8. The zero-order valence-corrected chi connectivity index (χ0v) is 11.2. The summed E-state index contributed by atoms with van der Waals surface area (Å²) in [6, 6.07) is 0. The van der Waals surface area contributed by atoms with E-state index in [9.17, 15) is 4.79 Å². The quantitative estimate of drug-likeness (QED) is 0.793. The summed E-state index contributed by atoms with van der Waals surface area (Å²) >= 11 is 0. The van der Waals surface area contributed by atoms with Gasteiger partial charge < -0.3 is 10.1 Å². The second kappa shape index (κ2) is 4.94. The molecule has 1 heterocycles. The molecule has 0 aromatic heterocycles. The normalized spacial score (nSPS) is 30.1. The van der Waals surface area contributed by atoms with E-state index >= 15 is 0 Å². The molecule has 0 aromatic carbocycles. The minimum absolute atomic E-state index is 0.0254. The lowest BCUT2D eigenvalue weighted by Crippen LogP contribution is -2.55. The molecule has 2 atom stereocenters. The molecule has 4 heteroatoms. The fraction of sp³-hybridized carbons (Fsp3) is 0.923. The number of amides is 1. The minimum atomic E-state index is 0.0254. The van der Waals surface area contributed by atoms with Crippen molar-refractivity contribution in [3.05, 3.63) is 0 Å². The van der Waals surface area contributed by atoms with Gasteiger partial charge in [0.15, 0.2) is 0 Å². The van der Waals surface area contributed by atoms with Gasteiger partial charge in [-0.3, -0.25) is 9.69 Å². The molecule has 1 aliphatic heterocycles. The average molecular weight is 240 g/mol. The van der Waals surface area contributed by atoms with Crippen LogP contribution in [0.4, 0.5) is 0 Å². The summed E-state index contributed by atoms with van der Waals surface area (Å²) in [7, 11) is 0. The van der Waals surface area contributed by atoms with Crippen molar-refractivity contribution >= 4 is 5.91 Å². The fourth-order valence-corrected chi connectivity index (χ4v) is 2.40. The number of hydrogen-bond donors (Lipinski definition) is 1. The van der Waals surface area contributed by atoms with Crippen LogP contribution in [0.15, 0.2) is 0 Å². The molecule has 1 aliphatic carbocycles. The van der Waals surface area contributed by atoms with E-state index in [1.165, 1.54) is 0 Å². The van der Waals surface area contributed by atoms with E-state index in [0.717, 1.165) is 39.3 Å². The first-order valence-corrected chi connectivity index (χ1v) is 6.61. The molecule has 0 spiro atoms. The molecule has 0 radical (unpaired) electrons. The van der Waals surface area contributed by atoms with E-state index in [2.05, 4.69) is 31.0 Å². The van der Waals surface area contributed by atoms with Crippen LogP contribution in [-0.2, 0) is 9.53 Å². The average Bonchev–Trinajstić information content (AvgIpc) is 3.05. The molecule has 0 bridgehead atoms. The third-order valence-corrected chi connectivity index (χ3v) is 4.01. The van der Waals surface area contributed by atoms with Crippen molar-refractivity contribution in [1.29, 1.82) is 0 Å². The van der Waals surface area contributed by atoms with E-state index in [0.29, 0.717) is 5.92 Å². The van der Waals surface area contributed by atoms with Gasteiger partial charge in [0.1, 0.15) is 0 Å². The van der Waals surface area contributed by atoms with Crippen LogP contribution in [0.1, 0.15) is 27.2 Å². The van der Waals surface area contributed by atoms with Gasteiger partial charge in [0.2, 0.25) is 5.91 Å². The van der Waals surface area contributed by atoms with Crippen LogP contribution in [0.2, 0.25) is 0 Å². The summed E-state index contributed by atoms with van der Waals surface area (Å²) in [6.07, 6.45) is 1.06. The maximum absolute atomic E-state index is 11.8. The molecule has 17 heavy (non-hydrogen) atoms. The zero-order chi connectivity index (χ0) is 12.5. The van der Waals surface area contributed by atoms with Gasteiger partial charge in [0, 0.05) is 31.1 Å². The first-order chi connectivity index (χ1) is 8.00. The number of ether oxygens (including phenoxy) is 1. The Morgan fingerprint density at radius 1 is 1.41 bits per heavy atom. The Balaban J connectivity index is 1.77. The van der Waals surface area contributed by atoms with Gasteiger partial charge >= 0.3 is 0 Å². The number of nitrogens with one attached hydrogen (secondary N) is 1. The number of hydrogen-bond acceptors (Lipinski definition) is 3. The highest BCUT2D eigenvalue weighted by atomic mass is 16.5. The van der Waals surface area contributed by atoms with E-state index in [4.69, 9.17) is 4.74 Å². The zero-order valence-electron chi connectivity index (χ0n) is 11.2. The SMILES string of the molecule is CC1CC1C(=O)NCC(C)(C)N1CCOCC1. The van der Waals surface area contributed by atoms with Crippen molar-refractivity contribution < 1.29 is 9.53 Å². The molecule has 98 valence electrons. The van der Waals surface area contributed by atoms with Crippen LogP contribution < -0.4 is 5.32 Å². The van der Waals surface area contributed by atoms with Crippen molar-refractivity contribution in [2.75, 3.05) is 32.8 Å². The van der Waals surface area contributed by atoms with Crippen LogP contribution in [0.5, 0.6) is 0 Å². The van der Waals surface area contributed by atoms with Crippen molar-refractivity contribution in [2.45, 2.75) is 32.7 Å². The Morgan fingerprint density at radius 3 is 2.53 bits per heavy atom. The van der Waals surface area contributed by atoms with Gasteiger partial charge in [-0.15, -0.1) is 0 Å². The highest BCUT2D eigenvalue weighted by molar-refractivity contribution is 5.81. The molecule has 4 nitrogen and oxygen atoms in total. The summed E-state index contributed by atoms with van der Waals surface area (Å²) in [5.41, 5.74) is 0.0254. The lowest BCUT2D eigenvalue weighted by atomic mass is 10.0. The lowest BCUT2D eigenvalue weighted by molar-refractivity contribution is -0.123. The van der Waals surface area contributed by atoms with Crippen molar-refractivity contribution in [3.63, 3.8) is 0 Å². The van der Waals surface area contributed by atoms with Crippen molar-refractivity contribution in [2.24, 2.45) is 11.8 Å². The van der Waals surface area contributed by atoms with Gasteiger partial charge in [-0.2, -0.15) is 0 Å². The molecule has 2 unspecified atom stereocenters. The predicted octanol–water partition coefficient (Wildman–Crippen LogP) is 0.869. The van der Waals surface area contributed by atoms with E-state index < -0.39 is 0 Å². The topological polar surface area (TPSA) is 41.6 Å². The maximum atomic E-state index is 11.8. The maximum Gasteiger partial charge on any atom is 0.223 e. The summed E-state index contributed by atoms with van der Waals surface area (Å²) in [5.74, 6) is 1.09. The Labute approximate surface area is 104 Å². The van der Waals surface area contributed by atoms with Gasteiger partial charge in [0.25, 0.3) is 0 Å². The monoisotopic (exact) mass is 240 g/mol. The van der Waals surface area contributed by atoms with Crippen molar-refractivity contribution in [3.8, 4) is 0 Å². The van der Waals surface area contributed by atoms with E-state index in [-0.39, 0.29) is 17.4 Å². The highest BCUT2D eigenvalue weighted by Crippen LogP contribution is 2.37. The highest BCUT2D eigenvalue weighted by Gasteiger charge is 2.39. The molecule has 1 amide bonds. The van der Waals surface area contributed by atoms with Gasteiger partial charge in [0.05, 0.1) is 13.2 Å². The molecule has 0 aromatic rings.